The molecular weight excluding hydrogens is 374 g/mol. The number of amides is 2. The van der Waals surface area contributed by atoms with E-state index in [0.29, 0.717) is 21.9 Å². The van der Waals surface area contributed by atoms with Crippen LogP contribution in [0, 0.1) is 0 Å². The maximum atomic E-state index is 11.8. The first-order chi connectivity index (χ1) is 8.02. The molecule has 1 aromatic rings. The summed E-state index contributed by atoms with van der Waals surface area (Å²) in [5, 5.41) is -0.242. The Morgan fingerprint density at radius 3 is 2.65 bits per heavy atom. The second-order valence-corrected chi connectivity index (χ2v) is 5.76. The molecule has 1 saturated heterocycles. The smallest absolute Gasteiger partial charge is 0.293 e. The Bertz CT molecular complexity index is 504. The minimum absolute atomic E-state index is 0.242. The van der Waals surface area contributed by atoms with Gasteiger partial charge in [-0.05, 0) is 56.6 Å². The normalized spacial score (nSPS) is 18.5. The second-order valence-electron chi connectivity index (χ2n) is 3.20. The van der Waals surface area contributed by atoms with Gasteiger partial charge >= 0.3 is 0 Å². The number of rotatable bonds is 2. The molecule has 7 heteroatoms. The van der Waals surface area contributed by atoms with Gasteiger partial charge in [0.15, 0.2) is 4.67 Å². The molecule has 0 saturated carbocycles. The minimum atomic E-state index is -0.272. The number of halogens is 2. The third-order valence-electron chi connectivity index (χ3n) is 2.13. The van der Waals surface area contributed by atoms with Crippen molar-refractivity contribution in [2.45, 2.75) is 6.92 Å². The van der Waals surface area contributed by atoms with Crippen LogP contribution in [0.25, 0.3) is 6.08 Å². The first-order valence-corrected chi connectivity index (χ1v) is 7.13. The molecule has 1 fully saturated rings. The number of carbonyl (C=O) groups excluding carboxylic acids is 2. The van der Waals surface area contributed by atoms with Crippen LogP contribution in [0.2, 0.25) is 0 Å². The van der Waals surface area contributed by atoms with Crippen molar-refractivity contribution in [3.63, 3.8) is 0 Å². The van der Waals surface area contributed by atoms with Crippen molar-refractivity contribution < 1.29 is 14.0 Å². The third-order valence-corrected chi connectivity index (χ3v) is 4.74. The maximum absolute atomic E-state index is 11.8. The number of hydrogen-bond acceptors (Lipinski definition) is 4. The average Bonchev–Trinajstić information content (AvgIpc) is 2.70. The van der Waals surface area contributed by atoms with Gasteiger partial charge in [0.05, 0.1) is 9.38 Å². The van der Waals surface area contributed by atoms with E-state index in [1.807, 2.05) is 0 Å². The molecule has 2 heterocycles. The van der Waals surface area contributed by atoms with E-state index in [0.717, 1.165) is 16.2 Å². The summed E-state index contributed by atoms with van der Waals surface area (Å²) >= 11 is 7.41. The number of carbonyl (C=O) groups is 2. The van der Waals surface area contributed by atoms with E-state index in [2.05, 4.69) is 31.9 Å². The zero-order valence-electron chi connectivity index (χ0n) is 8.70. The van der Waals surface area contributed by atoms with Crippen molar-refractivity contribution in [2.75, 3.05) is 6.54 Å². The van der Waals surface area contributed by atoms with Gasteiger partial charge < -0.3 is 4.42 Å². The summed E-state index contributed by atoms with van der Waals surface area (Å²) in [6.45, 7) is 2.15. The van der Waals surface area contributed by atoms with Crippen molar-refractivity contribution in [2.24, 2.45) is 0 Å². The van der Waals surface area contributed by atoms with E-state index in [-0.39, 0.29) is 11.1 Å². The molecule has 4 nitrogen and oxygen atoms in total. The Morgan fingerprint density at radius 2 is 2.18 bits per heavy atom. The maximum Gasteiger partial charge on any atom is 0.293 e. The van der Waals surface area contributed by atoms with Crippen molar-refractivity contribution in [1.82, 2.24) is 4.90 Å². The van der Waals surface area contributed by atoms with Crippen molar-refractivity contribution in [3.05, 3.63) is 25.9 Å². The predicted octanol–water partition coefficient (Wildman–Crippen LogP) is 3.86. The zero-order chi connectivity index (χ0) is 12.6. The van der Waals surface area contributed by atoms with Gasteiger partial charge in [0.1, 0.15) is 5.76 Å². The van der Waals surface area contributed by atoms with Crippen LogP contribution in [0.3, 0.4) is 0 Å². The Balaban J connectivity index is 2.30. The summed E-state index contributed by atoms with van der Waals surface area (Å²) < 4.78 is 6.64. The highest BCUT2D eigenvalue weighted by atomic mass is 79.9. The second kappa shape index (κ2) is 4.99. The van der Waals surface area contributed by atoms with Crippen LogP contribution in [-0.2, 0) is 4.79 Å². The Kier molecular flexibility index (Phi) is 3.79. The highest BCUT2D eigenvalue weighted by Crippen LogP contribution is 2.34. The highest BCUT2D eigenvalue weighted by molar-refractivity contribution is 9.13. The average molecular weight is 381 g/mol. The predicted molar refractivity (Wildman–Crippen MR) is 72.5 cm³/mol. The molecular formula is C10H7Br2NO3S. The van der Waals surface area contributed by atoms with E-state index in [9.17, 15) is 9.59 Å². The monoisotopic (exact) mass is 379 g/mol. The molecule has 90 valence electrons. The lowest BCUT2D eigenvalue weighted by Gasteiger charge is -2.06. The standard InChI is InChI=1S/C10H7Br2NO3S/c1-2-13-9(14)7(17-10(13)15)4-5-3-6(11)8(12)16-5/h3-4H,2H2,1H3/b7-4-. The number of imide groups is 1. The van der Waals surface area contributed by atoms with Gasteiger partial charge in [-0.2, -0.15) is 0 Å². The van der Waals surface area contributed by atoms with E-state index in [1.54, 1.807) is 19.1 Å². The SMILES string of the molecule is CCN1C(=O)S/C(=C\c2cc(Br)c(Br)o2)C1=O. The summed E-state index contributed by atoms with van der Waals surface area (Å²) in [6, 6.07) is 1.73. The van der Waals surface area contributed by atoms with Gasteiger partial charge in [-0.3, -0.25) is 14.5 Å². The lowest BCUT2D eigenvalue weighted by Crippen LogP contribution is -2.27. The quantitative estimate of drug-likeness (QED) is 0.731. The number of nitrogens with zero attached hydrogens (tertiary/aromatic N) is 1. The fraction of sp³-hybridized carbons (Fsp3) is 0.200. The van der Waals surface area contributed by atoms with Crippen LogP contribution in [0.1, 0.15) is 12.7 Å². The van der Waals surface area contributed by atoms with E-state index in [1.165, 1.54) is 4.90 Å². The summed E-state index contributed by atoms with van der Waals surface area (Å²) in [4.78, 5) is 24.8. The van der Waals surface area contributed by atoms with Crippen LogP contribution in [0.4, 0.5) is 4.79 Å². The topological polar surface area (TPSA) is 50.5 Å². The largest absolute Gasteiger partial charge is 0.449 e. The molecule has 0 aromatic carbocycles. The summed E-state index contributed by atoms with van der Waals surface area (Å²) in [7, 11) is 0. The molecule has 0 N–H and O–H groups in total. The Hall–Kier alpha value is -0.530. The number of likely N-dealkylation sites (N-methyl/N-ethyl adjacent to an activating group) is 1. The van der Waals surface area contributed by atoms with Crippen LogP contribution in [0.15, 0.2) is 24.5 Å². The van der Waals surface area contributed by atoms with Gasteiger partial charge in [0.25, 0.3) is 11.1 Å². The Labute approximate surface area is 119 Å². The fourth-order valence-corrected chi connectivity index (χ4v) is 2.83. The van der Waals surface area contributed by atoms with Gasteiger partial charge in [0, 0.05) is 12.6 Å². The molecule has 0 spiro atoms. The Morgan fingerprint density at radius 1 is 1.47 bits per heavy atom. The van der Waals surface area contributed by atoms with Crippen LogP contribution in [0.5, 0.6) is 0 Å². The van der Waals surface area contributed by atoms with E-state index >= 15 is 0 Å². The van der Waals surface area contributed by atoms with Gasteiger partial charge in [0.2, 0.25) is 0 Å². The molecule has 1 aromatic heterocycles. The molecule has 0 radical (unpaired) electrons. The number of furan rings is 1. The molecule has 0 unspecified atom stereocenters. The molecule has 1 aliphatic heterocycles. The van der Waals surface area contributed by atoms with Crippen LogP contribution >= 0.6 is 43.6 Å². The number of thioether (sulfide) groups is 1. The van der Waals surface area contributed by atoms with Gasteiger partial charge in [-0.25, -0.2) is 0 Å². The minimum Gasteiger partial charge on any atom is -0.449 e. The van der Waals surface area contributed by atoms with E-state index < -0.39 is 0 Å². The molecule has 1 aliphatic rings. The lowest BCUT2D eigenvalue weighted by atomic mass is 10.3. The highest BCUT2D eigenvalue weighted by Gasteiger charge is 2.33. The number of hydrogen-bond donors (Lipinski definition) is 0. The molecule has 2 rings (SSSR count). The van der Waals surface area contributed by atoms with Crippen molar-refractivity contribution in [3.8, 4) is 0 Å². The van der Waals surface area contributed by atoms with Crippen LogP contribution in [-0.4, -0.2) is 22.6 Å². The molecule has 0 bridgehead atoms. The summed E-state index contributed by atoms with van der Waals surface area (Å²) in [6.07, 6.45) is 1.57. The van der Waals surface area contributed by atoms with Crippen molar-refractivity contribution >= 4 is 60.8 Å². The molecule has 17 heavy (non-hydrogen) atoms. The molecule has 2 amide bonds. The fourth-order valence-electron chi connectivity index (χ4n) is 1.34. The summed E-state index contributed by atoms with van der Waals surface area (Å²) in [5.41, 5.74) is 0. The molecule has 0 atom stereocenters. The summed E-state index contributed by atoms with van der Waals surface area (Å²) in [5.74, 6) is 0.247. The molecule has 0 aliphatic carbocycles. The zero-order valence-corrected chi connectivity index (χ0v) is 12.7. The van der Waals surface area contributed by atoms with Crippen molar-refractivity contribution in [1.29, 1.82) is 0 Å². The first-order valence-electron chi connectivity index (χ1n) is 4.73. The van der Waals surface area contributed by atoms with Gasteiger partial charge in [-0.1, -0.05) is 0 Å². The van der Waals surface area contributed by atoms with Gasteiger partial charge in [-0.15, -0.1) is 0 Å². The lowest BCUT2D eigenvalue weighted by molar-refractivity contribution is -0.122. The first kappa shape index (κ1) is 12.9. The van der Waals surface area contributed by atoms with Crippen LogP contribution < -0.4 is 0 Å². The third kappa shape index (κ3) is 2.51. The van der Waals surface area contributed by atoms with E-state index in [4.69, 9.17) is 4.42 Å².